The Bertz CT molecular complexity index is 1180. The van der Waals surface area contributed by atoms with Crippen molar-refractivity contribution in [2.75, 3.05) is 18.9 Å². The number of cyclic esters (lactones) is 1. The number of halogens is 3. The van der Waals surface area contributed by atoms with Gasteiger partial charge < -0.3 is 14.6 Å². The Morgan fingerprint density at radius 1 is 1.17 bits per heavy atom. The molecule has 10 heteroatoms. The average molecular weight is 505 g/mol. The summed E-state index contributed by atoms with van der Waals surface area (Å²) in [6.07, 6.45) is 1.21. The topological polar surface area (TPSA) is 87.3 Å². The Kier molecular flexibility index (Phi) is 8.81. The first-order valence-electron chi connectivity index (χ1n) is 11.3. The van der Waals surface area contributed by atoms with Crippen LogP contribution in [0.5, 0.6) is 0 Å². The van der Waals surface area contributed by atoms with Crippen molar-refractivity contribution < 1.29 is 23.1 Å². The van der Waals surface area contributed by atoms with Crippen LogP contribution in [0.2, 0.25) is 5.02 Å². The fourth-order valence-electron chi connectivity index (χ4n) is 3.70. The minimum absolute atomic E-state index is 0.0542. The highest BCUT2D eigenvalue weighted by Crippen LogP contribution is 2.38. The van der Waals surface area contributed by atoms with Crippen LogP contribution in [-0.2, 0) is 11.2 Å². The van der Waals surface area contributed by atoms with Crippen LogP contribution in [0.1, 0.15) is 60.2 Å². The summed E-state index contributed by atoms with van der Waals surface area (Å²) >= 11 is 5.88. The summed E-state index contributed by atoms with van der Waals surface area (Å²) in [5, 5.41) is 2.41. The lowest BCUT2D eigenvalue weighted by Crippen LogP contribution is -2.29. The molecular formula is C25H27ClF2N4O3. The smallest absolute Gasteiger partial charge is 0.412 e. The first kappa shape index (κ1) is 26.2. The van der Waals surface area contributed by atoms with Gasteiger partial charge >= 0.3 is 6.09 Å². The molecule has 0 saturated heterocycles. The Hall–Kier alpha value is -3.46. The zero-order valence-electron chi connectivity index (χ0n) is 19.7. The monoisotopic (exact) mass is 504 g/mol. The fourth-order valence-corrected chi connectivity index (χ4v) is 3.86. The number of aromatic nitrogens is 2. The molecular weight excluding hydrogens is 478 g/mol. The van der Waals surface area contributed by atoms with Crippen molar-refractivity contribution in [3.05, 3.63) is 81.9 Å². The molecule has 0 saturated carbocycles. The highest BCUT2D eigenvalue weighted by molar-refractivity contribution is 6.31. The quantitative estimate of drug-likeness (QED) is 0.406. The normalized spacial score (nSPS) is 14.2. The summed E-state index contributed by atoms with van der Waals surface area (Å²) in [7, 11) is 1.64. The lowest BCUT2D eigenvalue weighted by Gasteiger charge is -2.27. The number of carbonyl (C=O) groups is 2. The molecule has 0 aliphatic carbocycles. The number of ether oxygens (including phenoxy) is 1. The molecule has 2 amide bonds. The van der Waals surface area contributed by atoms with Crippen LogP contribution in [-0.4, -0.2) is 40.5 Å². The summed E-state index contributed by atoms with van der Waals surface area (Å²) in [6, 6.07) is 8.97. The van der Waals surface area contributed by atoms with Gasteiger partial charge in [0, 0.05) is 20.0 Å². The van der Waals surface area contributed by atoms with Crippen molar-refractivity contribution in [2.45, 2.75) is 39.2 Å². The van der Waals surface area contributed by atoms with E-state index in [-0.39, 0.29) is 22.3 Å². The molecule has 0 spiro atoms. The molecule has 2 heterocycles. The Labute approximate surface area is 207 Å². The number of fused-ring (bicyclic) bond motifs is 1. The van der Waals surface area contributed by atoms with Crippen LogP contribution in [0, 0.1) is 11.6 Å². The molecule has 1 aliphatic rings. The zero-order chi connectivity index (χ0) is 25.5. The fraction of sp³-hybridized carbons (Fsp3) is 0.320. The van der Waals surface area contributed by atoms with E-state index >= 15 is 0 Å². The second kappa shape index (κ2) is 11.8. The van der Waals surface area contributed by atoms with E-state index in [1.165, 1.54) is 35.4 Å². The predicted octanol–water partition coefficient (Wildman–Crippen LogP) is 6.11. The Morgan fingerprint density at radius 3 is 2.60 bits per heavy atom. The van der Waals surface area contributed by atoms with Crippen molar-refractivity contribution in [1.29, 1.82) is 0 Å². The molecule has 186 valence electrons. The highest BCUT2D eigenvalue weighted by atomic mass is 35.5. The molecule has 1 aliphatic heterocycles. The molecule has 2 N–H and O–H groups in total. The largest absolute Gasteiger partial charge is 0.441 e. The minimum Gasteiger partial charge on any atom is -0.441 e. The van der Waals surface area contributed by atoms with E-state index < -0.39 is 18.0 Å². The van der Waals surface area contributed by atoms with Gasteiger partial charge in [0.15, 0.2) is 5.82 Å². The Morgan fingerprint density at radius 2 is 1.89 bits per heavy atom. The number of aromatic amines is 1. The van der Waals surface area contributed by atoms with Gasteiger partial charge in [0.1, 0.15) is 23.4 Å². The number of nitrogens with one attached hydrogen (secondary N) is 2. The van der Waals surface area contributed by atoms with E-state index in [0.29, 0.717) is 43.0 Å². The van der Waals surface area contributed by atoms with Gasteiger partial charge in [0.2, 0.25) is 0 Å². The number of imidazole rings is 1. The average Bonchev–Trinajstić information content (AvgIpc) is 3.32. The van der Waals surface area contributed by atoms with E-state index in [1.54, 1.807) is 19.2 Å². The second-order valence-electron chi connectivity index (χ2n) is 7.76. The van der Waals surface area contributed by atoms with Gasteiger partial charge in [0.05, 0.1) is 22.5 Å². The summed E-state index contributed by atoms with van der Waals surface area (Å²) in [5.41, 5.74) is 1.72. The van der Waals surface area contributed by atoms with E-state index in [1.807, 2.05) is 13.8 Å². The van der Waals surface area contributed by atoms with E-state index in [4.69, 9.17) is 16.3 Å². The van der Waals surface area contributed by atoms with Crippen molar-refractivity contribution in [3.63, 3.8) is 0 Å². The molecule has 35 heavy (non-hydrogen) atoms. The number of hydrogen-bond acceptors (Lipinski definition) is 4. The molecule has 0 bridgehead atoms. The van der Waals surface area contributed by atoms with Gasteiger partial charge in [-0.1, -0.05) is 37.6 Å². The number of hydrogen-bond donors (Lipinski definition) is 2. The van der Waals surface area contributed by atoms with E-state index in [0.717, 1.165) is 5.56 Å². The molecule has 0 fully saturated rings. The van der Waals surface area contributed by atoms with Crippen LogP contribution >= 0.6 is 11.6 Å². The third-order valence-corrected chi connectivity index (χ3v) is 5.68. The van der Waals surface area contributed by atoms with Gasteiger partial charge in [-0.05, 0) is 42.7 Å². The summed E-state index contributed by atoms with van der Waals surface area (Å²) in [5.74, 6) is -0.618. The standard InChI is InChI=1S/C23H21ClF2N4O3.C2H6/c1-30(22(31)17-12-27-19(28-17)11-13-4-6-14(25)7-5-13)10-2-3-18-20-16(29-23(32)33-18)9-8-15(24)21(20)26;1-2/h4-9,12,18H,2-3,10-11H2,1H3,(H,27,28)(H,29,32);1-2H3. The Balaban J connectivity index is 0.00000167. The van der Waals surface area contributed by atoms with Crippen LogP contribution in [0.15, 0.2) is 42.6 Å². The highest BCUT2D eigenvalue weighted by Gasteiger charge is 2.30. The minimum atomic E-state index is -0.801. The van der Waals surface area contributed by atoms with E-state index in [2.05, 4.69) is 15.3 Å². The van der Waals surface area contributed by atoms with Crippen LogP contribution in [0.4, 0.5) is 19.3 Å². The number of amides is 2. The van der Waals surface area contributed by atoms with Crippen molar-refractivity contribution in [1.82, 2.24) is 14.9 Å². The van der Waals surface area contributed by atoms with Crippen molar-refractivity contribution in [3.8, 4) is 0 Å². The number of anilines is 1. The third kappa shape index (κ3) is 6.36. The number of nitrogens with zero attached hydrogens (tertiary/aromatic N) is 2. The lowest BCUT2D eigenvalue weighted by molar-refractivity contribution is 0.0755. The van der Waals surface area contributed by atoms with Gasteiger partial charge in [-0.2, -0.15) is 0 Å². The van der Waals surface area contributed by atoms with Crippen LogP contribution in [0.3, 0.4) is 0 Å². The third-order valence-electron chi connectivity index (χ3n) is 5.39. The summed E-state index contributed by atoms with van der Waals surface area (Å²) < 4.78 is 32.8. The molecule has 3 aromatic rings. The molecule has 1 atom stereocenters. The van der Waals surface area contributed by atoms with Gasteiger partial charge in [-0.25, -0.2) is 18.6 Å². The van der Waals surface area contributed by atoms with Gasteiger partial charge in [-0.15, -0.1) is 0 Å². The van der Waals surface area contributed by atoms with Crippen LogP contribution < -0.4 is 5.32 Å². The maximum atomic E-state index is 14.5. The molecule has 4 rings (SSSR count). The second-order valence-corrected chi connectivity index (χ2v) is 8.16. The molecule has 1 unspecified atom stereocenters. The first-order chi connectivity index (χ1) is 16.8. The number of H-pyrrole nitrogens is 1. The van der Waals surface area contributed by atoms with E-state index in [9.17, 15) is 18.4 Å². The van der Waals surface area contributed by atoms with Gasteiger partial charge in [-0.3, -0.25) is 10.1 Å². The van der Waals surface area contributed by atoms with Crippen molar-refractivity contribution in [2.24, 2.45) is 0 Å². The van der Waals surface area contributed by atoms with Crippen LogP contribution in [0.25, 0.3) is 0 Å². The zero-order valence-corrected chi connectivity index (χ0v) is 20.5. The first-order valence-corrected chi connectivity index (χ1v) is 11.7. The lowest BCUT2D eigenvalue weighted by atomic mass is 10.0. The van der Waals surface area contributed by atoms with Crippen molar-refractivity contribution >= 4 is 29.3 Å². The number of carbonyl (C=O) groups excluding carboxylic acids is 2. The SMILES string of the molecule is CC.CN(CCCC1OC(=O)Nc2ccc(Cl)c(F)c21)C(=O)c1cnc(Cc2ccc(F)cc2)[nH]1. The molecule has 1 aromatic heterocycles. The predicted molar refractivity (Wildman–Crippen MR) is 130 cm³/mol. The maximum absolute atomic E-state index is 14.5. The molecule has 0 radical (unpaired) electrons. The maximum Gasteiger partial charge on any atom is 0.412 e. The molecule has 2 aromatic carbocycles. The molecule has 7 nitrogen and oxygen atoms in total. The number of benzene rings is 2. The summed E-state index contributed by atoms with van der Waals surface area (Å²) in [4.78, 5) is 33.2. The summed E-state index contributed by atoms with van der Waals surface area (Å²) in [6.45, 7) is 4.35. The van der Waals surface area contributed by atoms with Gasteiger partial charge in [0.25, 0.3) is 5.91 Å². The number of rotatable bonds is 7.